The van der Waals surface area contributed by atoms with Crippen LogP contribution < -0.4 is 0 Å². The predicted octanol–water partition coefficient (Wildman–Crippen LogP) is 2.98. The summed E-state index contributed by atoms with van der Waals surface area (Å²) in [5, 5.41) is 0.935. The number of ether oxygens (including phenoxy) is 1. The number of pyridine rings is 1. The standard InChI is InChI=1S/C23H30N4O3/c28-21(19-14-17-6-5-9-24-20(17)25-19)27-12-7-23(8-13-27)15-18(30-22(23)29)16-26-10-3-1-2-4-11-26/h5-6,9,14,18H,1-4,7-8,10-13,15-16H2,(H,24,25). The Balaban J connectivity index is 1.20. The molecule has 5 heterocycles. The molecule has 1 atom stereocenters. The number of hydrogen-bond donors (Lipinski definition) is 1. The normalized spacial score (nSPS) is 24.9. The van der Waals surface area contributed by atoms with Gasteiger partial charge in [-0.3, -0.25) is 14.5 Å². The van der Waals surface area contributed by atoms with Crippen molar-refractivity contribution < 1.29 is 14.3 Å². The van der Waals surface area contributed by atoms with Gasteiger partial charge in [0.1, 0.15) is 17.4 Å². The first-order chi connectivity index (χ1) is 14.6. The van der Waals surface area contributed by atoms with Crippen molar-refractivity contribution in [3.63, 3.8) is 0 Å². The van der Waals surface area contributed by atoms with Crippen LogP contribution in [0.3, 0.4) is 0 Å². The van der Waals surface area contributed by atoms with E-state index in [1.165, 1.54) is 25.7 Å². The lowest BCUT2D eigenvalue weighted by Gasteiger charge is -2.36. The maximum Gasteiger partial charge on any atom is 0.312 e. The number of esters is 1. The van der Waals surface area contributed by atoms with Gasteiger partial charge in [-0.25, -0.2) is 4.98 Å². The number of aromatic amines is 1. The van der Waals surface area contributed by atoms with E-state index in [1.54, 1.807) is 6.20 Å². The van der Waals surface area contributed by atoms with Gasteiger partial charge in [0.15, 0.2) is 0 Å². The molecule has 30 heavy (non-hydrogen) atoms. The molecule has 3 aliphatic heterocycles. The minimum Gasteiger partial charge on any atom is -0.461 e. The highest BCUT2D eigenvalue weighted by Gasteiger charge is 2.51. The van der Waals surface area contributed by atoms with Crippen molar-refractivity contribution in [3.8, 4) is 0 Å². The van der Waals surface area contributed by atoms with E-state index in [2.05, 4.69) is 14.9 Å². The van der Waals surface area contributed by atoms with E-state index in [4.69, 9.17) is 4.74 Å². The molecular weight excluding hydrogens is 380 g/mol. The Morgan fingerprint density at radius 3 is 2.67 bits per heavy atom. The van der Waals surface area contributed by atoms with Crippen LogP contribution in [0.15, 0.2) is 24.4 Å². The quantitative estimate of drug-likeness (QED) is 0.787. The number of hydrogen-bond acceptors (Lipinski definition) is 5. The van der Waals surface area contributed by atoms with Crippen LogP contribution >= 0.6 is 0 Å². The molecule has 3 saturated heterocycles. The minimum absolute atomic E-state index is 0.00219. The van der Waals surface area contributed by atoms with E-state index in [-0.39, 0.29) is 18.0 Å². The zero-order valence-electron chi connectivity index (χ0n) is 17.4. The molecule has 1 spiro atoms. The topological polar surface area (TPSA) is 78.5 Å². The maximum absolute atomic E-state index is 13.0. The first kappa shape index (κ1) is 19.5. The summed E-state index contributed by atoms with van der Waals surface area (Å²) in [4.78, 5) is 37.4. The van der Waals surface area contributed by atoms with Gasteiger partial charge in [0.25, 0.3) is 5.91 Å². The second kappa shape index (κ2) is 8.02. The Bertz CT molecular complexity index is 890. The maximum atomic E-state index is 13.0. The van der Waals surface area contributed by atoms with Gasteiger partial charge in [0.05, 0.1) is 5.41 Å². The van der Waals surface area contributed by atoms with E-state index in [1.807, 2.05) is 23.1 Å². The predicted molar refractivity (Wildman–Crippen MR) is 113 cm³/mol. The van der Waals surface area contributed by atoms with E-state index < -0.39 is 5.41 Å². The number of cyclic esters (lactones) is 1. The van der Waals surface area contributed by atoms with Crippen LogP contribution in [0.2, 0.25) is 0 Å². The third-order valence-corrected chi connectivity index (χ3v) is 7.12. The van der Waals surface area contributed by atoms with Gasteiger partial charge < -0.3 is 14.6 Å². The molecule has 2 aromatic heterocycles. The van der Waals surface area contributed by atoms with Gasteiger partial charge >= 0.3 is 5.97 Å². The molecule has 2 aromatic rings. The fraction of sp³-hybridized carbons (Fsp3) is 0.609. The summed E-state index contributed by atoms with van der Waals surface area (Å²) in [6.45, 7) is 4.27. The summed E-state index contributed by atoms with van der Waals surface area (Å²) in [6, 6.07) is 5.67. The third kappa shape index (κ3) is 3.71. The number of nitrogens with one attached hydrogen (secondary N) is 1. The van der Waals surface area contributed by atoms with E-state index in [0.29, 0.717) is 31.6 Å². The summed E-state index contributed by atoms with van der Waals surface area (Å²) < 4.78 is 5.82. The average molecular weight is 411 g/mol. The molecule has 3 aliphatic rings. The number of aromatic nitrogens is 2. The summed E-state index contributed by atoms with van der Waals surface area (Å²) in [7, 11) is 0. The Hall–Kier alpha value is -2.41. The fourth-order valence-electron chi connectivity index (χ4n) is 5.34. The monoisotopic (exact) mass is 410 g/mol. The van der Waals surface area contributed by atoms with Crippen LogP contribution in [-0.2, 0) is 9.53 Å². The van der Waals surface area contributed by atoms with Crippen molar-refractivity contribution in [2.45, 2.75) is 51.0 Å². The Morgan fingerprint density at radius 2 is 1.93 bits per heavy atom. The van der Waals surface area contributed by atoms with Crippen LogP contribution in [0.1, 0.15) is 55.4 Å². The number of piperidine rings is 1. The highest BCUT2D eigenvalue weighted by molar-refractivity contribution is 5.97. The molecule has 3 fully saturated rings. The van der Waals surface area contributed by atoms with Crippen LogP contribution in [-0.4, -0.2) is 70.5 Å². The minimum atomic E-state index is -0.407. The Morgan fingerprint density at radius 1 is 1.17 bits per heavy atom. The number of rotatable bonds is 3. The number of fused-ring (bicyclic) bond motifs is 1. The molecule has 0 aliphatic carbocycles. The van der Waals surface area contributed by atoms with Crippen molar-refractivity contribution in [1.29, 1.82) is 0 Å². The molecule has 1 amide bonds. The van der Waals surface area contributed by atoms with Crippen LogP contribution in [0.25, 0.3) is 11.0 Å². The first-order valence-corrected chi connectivity index (χ1v) is 11.3. The van der Waals surface area contributed by atoms with Crippen molar-refractivity contribution in [1.82, 2.24) is 19.8 Å². The van der Waals surface area contributed by atoms with Crippen molar-refractivity contribution in [2.75, 3.05) is 32.7 Å². The van der Waals surface area contributed by atoms with Crippen LogP contribution in [0.5, 0.6) is 0 Å². The molecule has 0 radical (unpaired) electrons. The second-order valence-corrected chi connectivity index (χ2v) is 9.14. The number of amides is 1. The highest BCUT2D eigenvalue weighted by Crippen LogP contribution is 2.43. The largest absolute Gasteiger partial charge is 0.461 e. The van der Waals surface area contributed by atoms with Gasteiger partial charge in [0, 0.05) is 37.6 Å². The van der Waals surface area contributed by atoms with Gasteiger partial charge in [0.2, 0.25) is 0 Å². The average Bonchev–Trinajstić information content (AvgIpc) is 3.20. The number of H-pyrrole nitrogens is 1. The summed E-state index contributed by atoms with van der Waals surface area (Å²) in [5.41, 5.74) is 0.882. The van der Waals surface area contributed by atoms with Gasteiger partial charge in [-0.1, -0.05) is 12.8 Å². The lowest BCUT2D eigenvalue weighted by atomic mass is 9.76. The van der Waals surface area contributed by atoms with E-state index >= 15 is 0 Å². The SMILES string of the molecule is O=C(c1cc2cccnc2[nH]1)N1CCC2(CC1)CC(CN1CCCCCC1)OC2=O. The molecule has 0 saturated carbocycles. The van der Waals surface area contributed by atoms with Gasteiger partial charge in [-0.15, -0.1) is 0 Å². The zero-order valence-corrected chi connectivity index (χ0v) is 17.4. The molecule has 5 rings (SSSR count). The van der Waals surface area contributed by atoms with Crippen LogP contribution in [0.4, 0.5) is 0 Å². The number of likely N-dealkylation sites (tertiary alicyclic amines) is 2. The summed E-state index contributed by atoms with van der Waals surface area (Å²) in [5.74, 6) is -0.0698. The summed E-state index contributed by atoms with van der Waals surface area (Å²) >= 11 is 0. The van der Waals surface area contributed by atoms with Crippen molar-refractivity contribution >= 4 is 22.9 Å². The molecule has 7 nitrogen and oxygen atoms in total. The highest BCUT2D eigenvalue weighted by atomic mass is 16.6. The number of carbonyl (C=O) groups is 2. The molecule has 160 valence electrons. The Kier molecular flexibility index (Phi) is 5.23. The molecule has 0 aromatic carbocycles. The number of nitrogens with zero attached hydrogens (tertiary/aromatic N) is 3. The fourth-order valence-corrected chi connectivity index (χ4v) is 5.34. The lowest BCUT2D eigenvalue weighted by Crippen LogP contribution is -2.45. The summed E-state index contributed by atoms with van der Waals surface area (Å²) in [6.07, 6.45) is 8.98. The van der Waals surface area contributed by atoms with Crippen molar-refractivity contribution in [3.05, 3.63) is 30.1 Å². The molecular formula is C23H30N4O3. The number of carbonyl (C=O) groups excluding carboxylic acids is 2. The second-order valence-electron chi connectivity index (χ2n) is 9.14. The molecule has 0 bridgehead atoms. The third-order valence-electron chi connectivity index (χ3n) is 7.12. The zero-order chi connectivity index (χ0) is 20.6. The van der Waals surface area contributed by atoms with E-state index in [9.17, 15) is 9.59 Å². The smallest absolute Gasteiger partial charge is 0.312 e. The van der Waals surface area contributed by atoms with Gasteiger partial charge in [-0.05, 0) is 57.0 Å². The lowest BCUT2D eigenvalue weighted by molar-refractivity contribution is -0.151. The molecule has 1 unspecified atom stereocenters. The van der Waals surface area contributed by atoms with Crippen molar-refractivity contribution in [2.24, 2.45) is 5.41 Å². The Labute approximate surface area is 176 Å². The van der Waals surface area contributed by atoms with E-state index in [0.717, 1.165) is 37.1 Å². The molecule has 7 heteroatoms. The first-order valence-electron chi connectivity index (χ1n) is 11.3. The van der Waals surface area contributed by atoms with Gasteiger partial charge in [-0.2, -0.15) is 0 Å². The van der Waals surface area contributed by atoms with Crippen LogP contribution in [0, 0.1) is 5.41 Å². The molecule has 1 N–H and O–H groups in total.